The van der Waals surface area contributed by atoms with E-state index >= 15 is 0 Å². The number of aryl methyl sites for hydroxylation is 2. The summed E-state index contributed by atoms with van der Waals surface area (Å²) in [5.41, 5.74) is 2.76. The molecular formula is C15H15FN4S. The minimum absolute atomic E-state index is 0.223. The molecule has 0 aliphatic heterocycles. The van der Waals surface area contributed by atoms with Crippen molar-refractivity contribution < 1.29 is 4.39 Å². The van der Waals surface area contributed by atoms with E-state index in [-0.39, 0.29) is 5.82 Å². The van der Waals surface area contributed by atoms with Crippen molar-refractivity contribution in [2.75, 3.05) is 5.32 Å². The maximum Gasteiger partial charge on any atom is 0.183 e. The van der Waals surface area contributed by atoms with E-state index in [1.54, 1.807) is 22.1 Å². The van der Waals surface area contributed by atoms with Crippen LogP contribution in [0.15, 0.2) is 36.5 Å². The molecule has 0 fully saturated rings. The quantitative estimate of drug-likeness (QED) is 0.800. The molecule has 0 spiro atoms. The van der Waals surface area contributed by atoms with Crippen molar-refractivity contribution in [3.05, 3.63) is 53.6 Å². The average molecular weight is 302 g/mol. The number of thiazole rings is 1. The Morgan fingerprint density at radius 1 is 1.33 bits per heavy atom. The van der Waals surface area contributed by atoms with Gasteiger partial charge in [0.25, 0.3) is 0 Å². The molecule has 4 nitrogen and oxygen atoms in total. The molecule has 108 valence electrons. The SMILES string of the molecule is Cc1nc(NCc2cccc(F)c2)sc1-c1ccn(C)n1. The van der Waals surface area contributed by atoms with Crippen molar-refractivity contribution in [1.29, 1.82) is 0 Å². The molecule has 0 aliphatic rings. The predicted octanol–water partition coefficient (Wildman–Crippen LogP) is 3.60. The number of nitrogens with one attached hydrogen (secondary N) is 1. The molecule has 3 aromatic rings. The van der Waals surface area contributed by atoms with Crippen LogP contribution in [0.4, 0.5) is 9.52 Å². The highest BCUT2D eigenvalue weighted by Crippen LogP contribution is 2.31. The van der Waals surface area contributed by atoms with Crippen LogP contribution in [0, 0.1) is 12.7 Å². The van der Waals surface area contributed by atoms with Crippen LogP contribution in [0.1, 0.15) is 11.3 Å². The summed E-state index contributed by atoms with van der Waals surface area (Å²) in [6.45, 7) is 2.51. The van der Waals surface area contributed by atoms with Gasteiger partial charge in [0.1, 0.15) is 11.5 Å². The van der Waals surface area contributed by atoms with Gasteiger partial charge in [0.15, 0.2) is 5.13 Å². The lowest BCUT2D eigenvalue weighted by atomic mass is 10.2. The monoisotopic (exact) mass is 302 g/mol. The zero-order valence-corrected chi connectivity index (χ0v) is 12.6. The van der Waals surface area contributed by atoms with Gasteiger partial charge in [0, 0.05) is 19.8 Å². The van der Waals surface area contributed by atoms with E-state index in [0.717, 1.165) is 27.0 Å². The largest absolute Gasteiger partial charge is 0.357 e. The second-order valence-corrected chi connectivity index (χ2v) is 5.79. The lowest BCUT2D eigenvalue weighted by Gasteiger charge is -2.02. The second kappa shape index (κ2) is 5.65. The van der Waals surface area contributed by atoms with Gasteiger partial charge in [-0.2, -0.15) is 5.10 Å². The highest BCUT2D eigenvalue weighted by Gasteiger charge is 2.11. The van der Waals surface area contributed by atoms with Crippen LogP contribution in [0.5, 0.6) is 0 Å². The Balaban J connectivity index is 1.75. The number of hydrogen-bond donors (Lipinski definition) is 1. The maximum absolute atomic E-state index is 13.1. The molecule has 2 heterocycles. The van der Waals surface area contributed by atoms with Gasteiger partial charge < -0.3 is 5.32 Å². The Bertz CT molecular complexity index is 763. The van der Waals surface area contributed by atoms with Gasteiger partial charge in [-0.05, 0) is 30.7 Å². The highest BCUT2D eigenvalue weighted by molar-refractivity contribution is 7.19. The van der Waals surface area contributed by atoms with Gasteiger partial charge in [-0.15, -0.1) is 0 Å². The van der Waals surface area contributed by atoms with Crippen molar-refractivity contribution in [3.8, 4) is 10.6 Å². The lowest BCUT2D eigenvalue weighted by molar-refractivity contribution is 0.626. The molecule has 0 saturated carbocycles. The topological polar surface area (TPSA) is 42.7 Å². The Kier molecular flexibility index (Phi) is 3.70. The molecule has 2 aromatic heterocycles. The molecule has 0 amide bonds. The fourth-order valence-electron chi connectivity index (χ4n) is 2.07. The summed E-state index contributed by atoms with van der Waals surface area (Å²) in [5.74, 6) is -0.223. The number of rotatable bonds is 4. The van der Waals surface area contributed by atoms with Crippen LogP contribution < -0.4 is 5.32 Å². The molecule has 0 unspecified atom stereocenters. The number of nitrogens with zero attached hydrogens (tertiary/aromatic N) is 3. The Morgan fingerprint density at radius 3 is 2.90 bits per heavy atom. The van der Waals surface area contributed by atoms with Crippen molar-refractivity contribution in [2.45, 2.75) is 13.5 Å². The van der Waals surface area contributed by atoms with E-state index < -0.39 is 0 Å². The summed E-state index contributed by atoms with van der Waals surface area (Å²) in [6.07, 6.45) is 1.91. The second-order valence-electron chi connectivity index (χ2n) is 4.79. The Labute approximate surface area is 126 Å². The zero-order valence-electron chi connectivity index (χ0n) is 11.8. The smallest absolute Gasteiger partial charge is 0.183 e. The fourth-order valence-corrected chi connectivity index (χ4v) is 3.00. The summed E-state index contributed by atoms with van der Waals surface area (Å²) < 4.78 is 14.9. The molecule has 0 aliphatic carbocycles. The van der Waals surface area contributed by atoms with E-state index in [9.17, 15) is 4.39 Å². The summed E-state index contributed by atoms with van der Waals surface area (Å²) in [6, 6.07) is 8.52. The number of aromatic nitrogens is 3. The molecular weight excluding hydrogens is 287 g/mol. The Morgan fingerprint density at radius 2 is 2.19 bits per heavy atom. The average Bonchev–Trinajstić information content (AvgIpc) is 3.02. The first-order valence-electron chi connectivity index (χ1n) is 6.57. The van der Waals surface area contributed by atoms with E-state index in [4.69, 9.17) is 0 Å². The number of anilines is 1. The first kappa shape index (κ1) is 13.8. The third-order valence-electron chi connectivity index (χ3n) is 3.08. The lowest BCUT2D eigenvalue weighted by Crippen LogP contribution is -1.99. The maximum atomic E-state index is 13.1. The third kappa shape index (κ3) is 3.11. The highest BCUT2D eigenvalue weighted by atomic mass is 32.1. The first-order chi connectivity index (χ1) is 10.1. The van der Waals surface area contributed by atoms with Crippen LogP contribution in [0.2, 0.25) is 0 Å². The van der Waals surface area contributed by atoms with Crippen LogP contribution in [0.25, 0.3) is 10.6 Å². The summed E-state index contributed by atoms with van der Waals surface area (Å²) in [7, 11) is 1.89. The van der Waals surface area contributed by atoms with Crippen molar-refractivity contribution in [2.24, 2.45) is 7.05 Å². The van der Waals surface area contributed by atoms with E-state index in [1.807, 2.05) is 32.3 Å². The summed E-state index contributed by atoms with van der Waals surface area (Å²) >= 11 is 1.56. The van der Waals surface area contributed by atoms with E-state index in [2.05, 4.69) is 15.4 Å². The third-order valence-corrected chi connectivity index (χ3v) is 4.21. The van der Waals surface area contributed by atoms with Crippen molar-refractivity contribution in [1.82, 2.24) is 14.8 Å². The van der Waals surface area contributed by atoms with Crippen LogP contribution in [-0.2, 0) is 13.6 Å². The summed E-state index contributed by atoms with van der Waals surface area (Å²) in [5, 5.41) is 8.44. The Hall–Kier alpha value is -2.21. The number of halogens is 1. The molecule has 6 heteroatoms. The number of benzene rings is 1. The van der Waals surface area contributed by atoms with Gasteiger partial charge >= 0.3 is 0 Å². The molecule has 0 bridgehead atoms. The standard InChI is InChI=1S/C15H15FN4S/c1-10-14(13-6-7-20(2)19-13)21-15(18-10)17-9-11-4-3-5-12(16)8-11/h3-8H,9H2,1-2H3,(H,17,18). The van der Waals surface area contributed by atoms with Crippen molar-refractivity contribution >= 4 is 16.5 Å². The van der Waals surface area contributed by atoms with Crippen LogP contribution in [0.3, 0.4) is 0 Å². The molecule has 0 radical (unpaired) electrons. The van der Waals surface area contributed by atoms with E-state index in [0.29, 0.717) is 6.54 Å². The predicted molar refractivity (Wildman–Crippen MR) is 82.8 cm³/mol. The van der Waals surface area contributed by atoms with Crippen LogP contribution in [-0.4, -0.2) is 14.8 Å². The minimum Gasteiger partial charge on any atom is -0.357 e. The van der Waals surface area contributed by atoms with Gasteiger partial charge in [-0.1, -0.05) is 23.5 Å². The van der Waals surface area contributed by atoms with E-state index in [1.165, 1.54) is 12.1 Å². The molecule has 1 aromatic carbocycles. The zero-order chi connectivity index (χ0) is 14.8. The first-order valence-corrected chi connectivity index (χ1v) is 7.39. The van der Waals surface area contributed by atoms with Crippen molar-refractivity contribution in [3.63, 3.8) is 0 Å². The van der Waals surface area contributed by atoms with Crippen LogP contribution >= 0.6 is 11.3 Å². The molecule has 21 heavy (non-hydrogen) atoms. The number of hydrogen-bond acceptors (Lipinski definition) is 4. The molecule has 1 N–H and O–H groups in total. The van der Waals surface area contributed by atoms with Gasteiger partial charge in [-0.25, -0.2) is 9.37 Å². The minimum atomic E-state index is -0.223. The molecule has 3 rings (SSSR count). The summed E-state index contributed by atoms with van der Waals surface area (Å²) in [4.78, 5) is 5.55. The van der Waals surface area contributed by atoms with Gasteiger partial charge in [-0.3, -0.25) is 4.68 Å². The van der Waals surface area contributed by atoms with Gasteiger partial charge in [0.2, 0.25) is 0 Å². The van der Waals surface area contributed by atoms with Gasteiger partial charge in [0.05, 0.1) is 10.6 Å². The fraction of sp³-hybridized carbons (Fsp3) is 0.200. The normalized spacial score (nSPS) is 10.8. The molecule has 0 atom stereocenters. The molecule has 0 saturated heterocycles.